The van der Waals surface area contributed by atoms with Gasteiger partial charge in [-0.15, -0.1) is 0 Å². The summed E-state index contributed by atoms with van der Waals surface area (Å²) in [5, 5.41) is 9.88. The molecule has 0 unspecified atom stereocenters. The first kappa shape index (κ1) is 12.2. The molecule has 6 heteroatoms. The molecule has 2 rings (SSSR count). The highest BCUT2D eigenvalue weighted by atomic mass is 32.2. The van der Waals surface area contributed by atoms with Gasteiger partial charge in [-0.25, -0.2) is 14.8 Å². The summed E-state index contributed by atoms with van der Waals surface area (Å²) >= 11 is 1.46. The van der Waals surface area contributed by atoms with Gasteiger partial charge in [-0.05, 0) is 31.6 Å². The second-order valence-corrected chi connectivity index (χ2v) is 4.72. The number of piperidine rings is 1. The van der Waals surface area contributed by atoms with E-state index in [4.69, 9.17) is 0 Å². The van der Waals surface area contributed by atoms with Gasteiger partial charge < -0.3 is 10.0 Å². The summed E-state index contributed by atoms with van der Waals surface area (Å²) in [5.41, 5.74) is 0. The van der Waals surface area contributed by atoms with Crippen LogP contribution in [-0.4, -0.2) is 39.9 Å². The molecule has 0 aromatic carbocycles. The van der Waals surface area contributed by atoms with Gasteiger partial charge in [-0.1, -0.05) is 11.8 Å². The Hall–Kier alpha value is -1.30. The molecule has 0 aliphatic carbocycles. The molecule has 1 fully saturated rings. The first-order valence-electron chi connectivity index (χ1n) is 5.59. The standard InChI is InChI=1S/C11H15N3O2S/c1-17-11-12-6-5-9(13-11)14-7-3-2-4-8(14)10(15)16/h5-6,8H,2-4,7H2,1H3,(H,15,16)/t8-/m1/s1. The molecule has 0 bridgehead atoms. The van der Waals surface area contributed by atoms with Gasteiger partial charge in [0.1, 0.15) is 11.9 Å². The van der Waals surface area contributed by atoms with E-state index < -0.39 is 12.0 Å². The number of aromatic nitrogens is 2. The largest absolute Gasteiger partial charge is 0.480 e. The number of carboxylic acid groups (broad SMARTS) is 1. The number of anilines is 1. The van der Waals surface area contributed by atoms with Crippen molar-refractivity contribution in [2.24, 2.45) is 0 Å². The molecule has 1 atom stereocenters. The minimum atomic E-state index is -0.769. The maximum atomic E-state index is 11.2. The Morgan fingerprint density at radius 1 is 1.59 bits per heavy atom. The van der Waals surface area contributed by atoms with Gasteiger partial charge in [0.15, 0.2) is 5.16 Å². The van der Waals surface area contributed by atoms with E-state index in [1.807, 2.05) is 11.2 Å². The Labute approximate surface area is 104 Å². The van der Waals surface area contributed by atoms with E-state index in [0.29, 0.717) is 11.6 Å². The summed E-state index contributed by atoms with van der Waals surface area (Å²) < 4.78 is 0. The van der Waals surface area contributed by atoms with E-state index in [1.165, 1.54) is 11.8 Å². The lowest BCUT2D eigenvalue weighted by molar-refractivity contribution is -0.139. The van der Waals surface area contributed by atoms with Crippen LogP contribution in [0.15, 0.2) is 17.4 Å². The lowest BCUT2D eigenvalue weighted by Crippen LogP contribution is -2.45. The second-order valence-electron chi connectivity index (χ2n) is 3.94. The Morgan fingerprint density at radius 3 is 3.12 bits per heavy atom. The molecule has 0 radical (unpaired) electrons. The fraction of sp³-hybridized carbons (Fsp3) is 0.545. The topological polar surface area (TPSA) is 66.3 Å². The van der Waals surface area contributed by atoms with E-state index in [1.54, 1.807) is 12.3 Å². The fourth-order valence-corrected chi connectivity index (χ4v) is 2.40. The zero-order valence-corrected chi connectivity index (χ0v) is 10.5. The van der Waals surface area contributed by atoms with E-state index in [9.17, 15) is 9.90 Å². The van der Waals surface area contributed by atoms with Crippen molar-refractivity contribution in [2.75, 3.05) is 17.7 Å². The van der Waals surface area contributed by atoms with Crippen molar-refractivity contribution in [3.05, 3.63) is 12.3 Å². The average molecular weight is 253 g/mol. The zero-order chi connectivity index (χ0) is 12.3. The molecular weight excluding hydrogens is 238 g/mol. The maximum Gasteiger partial charge on any atom is 0.326 e. The minimum absolute atomic E-state index is 0.451. The molecule has 5 nitrogen and oxygen atoms in total. The van der Waals surface area contributed by atoms with Crippen molar-refractivity contribution in [1.29, 1.82) is 0 Å². The number of rotatable bonds is 3. The number of carboxylic acids is 1. The third kappa shape index (κ3) is 2.69. The summed E-state index contributed by atoms with van der Waals surface area (Å²) in [6.07, 6.45) is 6.26. The number of hydrogen-bond acceptors (Lipinski definition) is 5. The van der Waals surface area contributed by atoms with Gasteiger partial charge in [-0.3, -0.25) is 0 Å². The van der Waals surface area contributed by atoms with Crippen LogP contribution in [0, 0.1) is 0 Å². The van der Waals surface area contributed by atoms with Crippen LogP contribution in [0.2, 0.25) is 0 Å². The van der Waals surface area contributed by atoms with Gasteiger partial charge in [0, 0.05) is 12.7 Å². The van der Waals surface area contributed by atoms with E-state index in [2.05, 4.69) is 9.97 Å². The number of thioether (sulfide) groups is 1. The Morgan fingerprint density at radius 2 is 2.41 bits per heavy atom. The number of nitrogens with zero attached hydrogens (tertiary/aromatic N) is 3. The van der Waals surface area contributed by atoms with Gasteiger partial charge in [0.05, 0.1) is 0 Å². The van der Waals surface area contributed by atoms with Crippen LogP contribution < -0.4 is 4.90 Å². The summed E-state index contributed by atoms with van der Waals surface area (Å²) in [7, 11) is 0. The molecule has 1 aromatic rings. The highest BCUT2D eigenvalue weighted by molar-refractivity contribution is 7.98. The fourth-order valence-electron chi connectivity index (χ4n) is 2.05. The van der Waals surface area contributed by atoms with Crippen molar-refractivity contribution in [3.63, 3.8) is 0 Å². The molecule has 1 saturated heterocycles. The molecular formula is C11H15N3O2S. The van der Waals surface area contributed by atoms with Crippen molar-refractivity contribution < 1.29 is 9.90 Å². The quantitative estimate of drug-likeness (QED) is 0.652. The van der Waals surface area contributed by atoms with Gasteiger partial charge in [0.25, 0.3) is 0 Å². The first-order valence-corrected chi connectivity index (χ1v) is 6.81. The summed E-state index contributed by atoms with van der Waals surface area (Å²) in [5.74, 6) is -0.0505. The third-order valence-corrected chi connectivity index (χ3v) is 3.45. The van der Waals surface area contributed by atoms with Crippen molar-refractivity contribution in [1.82, 2.24) is 9.97 Å². The highest BCUT2D eigenvalue weighted by Gasteiger charge is 2.29. The SMILES string of the molecule is CSc1nccc(N2CCCC[C@@H]2C(=O)O)n1. The maximum absolute atomic E-state index is 11.2. The zero-order valence-electron chi connectivity index (χ0n) is 9.67. The van der Waals surface area contributed by atoms with E-state index in [0.717, 1.165) is 25.2 Å². The van der Waals surface area contributed by atoms with Crippen LogP contribution in [0.1, 0.15) is 19.3 Å². The highest BCUT2D eigenvalue weighted by Crippen LogP contribution is 2.24. The average Bonchev–Trinajstić information content (AvgIpc) is 2.39. The third-order valence-electron chi connectivity index (χ3n) is 2.88. The lowest BCUT2D eigenvalue weighted by atomic mass is 10.0. The van der Waals surface area contributed by atoms with Crippen LogP contribution in [0.3, 0.4) is 0 Å². The normalized spacial score (nSPS) is 20.3. The summed E-state index contributed by atoms with van der Waals surface area (Å²) in [6, 6.07) is 1.33. The molecule has 0 amide bonds. The van der Waals surface area contributed by atoms with Crippen LogP contribution in [0.5, 0.6) is 0 Å². The van der Waals surface area contributed by atoms with Crippen molar-refractivity contribution in [2.45, 2.75) is 30.5 Å². The number of carbonyl (C=O) groups is 1. The van der Waals surface area contributed by atoms with Crippen LogP contribution >= 0.6 is 11.8 Å². The molecule has 92 valence electrons. The monoisotopic (exact) mass is 253 g/mol. The first-order chi connectivity index (χ1) is 8.22. The molecule has 1 aliphatic heterocycles. The van der Waals surface area contributed by atoms with Crippen LogP contribution in [0.25, 0.3) is 0 Å². The molecule has 0 spiro atoms. The Bertz CT molecular complexity index is 413. The van der Waals surface area contributed by atoms with Crippen LogP contribution in [-0.2, 0) is 4.79 Å². The molecule has 2 heterocycles. The van der Waals surface area contributed by atoms with E-state index in [-0.39, 0.29) is 0 Å². The van der Waals surface area contributed by atoms with Gasteiger partial charge in [-0.2, -0.15) is 0 Å². The van der Waals surface area contributed by atoms with Gasteiger partial charge >= 0.3 is 5.97 Å². The molecule has 1 aromatic heterocycles. The molecule has 1 aliphatic rings. The minimum Gasteiger partial charge on any atom is -0.480 e. The number of hydrogen-bond donors (Lipinski definition) is 1. The van der Waals surface area contributed by atoms with Crippen molar-refractivity contribution >= 4 is 23.5 Å². The predicted octanol–water partition coefficient (Wildman–Crippen LogP) is 1.64. The lowest BCUT2D eigenvalue weighted by Gasteiger charge is -2.33. The van der Waals surface area contributed by atoms with E-state index >= 15 is 0 Å². The Balaban J connectivity index is 2.26. The second kappa shape index (κ2) is 5.35. The predicted molar refractivity (Wildman–Crippen MR) is 66.4 cm³/mol. The smallest absolute Gasteiger partial charge is 0.326 e. The summed E-state index contributed by atoms with van der Waals surface area (Å²) in [4.78, 5) is 21.5. The molecule has 1 N–H and O–H groups in total. The number of aliphatic carboxylic acids is 1. The van der Waals surface area contributed by atoms with Crippen molar-refractivity contribution in [3.8, 4) is 0 Å². The Kier molecular flexibility index (Phi) is 3.83. The summed E-state index contributed by atoms with van der Waals surface area (Å²) in [6.45, 7) is 0.752. The van der Waals surface area contributed by atoms with Gasteiger partial charge in [0.2, 0.25) is 0 Å². The molecule has 17 heavy (non-hydrogen) atoms. The molecule has 0 saturated carbocycles. The van der Waals surface area contributed by atoms with Crippen LogP contribution in [0.4, 0.5) is 5.82 Å².